The third-order valence-electron chi connectivity index (χ3n) is 3.53. The second kappa shape index (κ2) is 6.47. The first-order valence-electron chi connectivity index (χ1n) is 6.84. The van der Waals surface area contributed by atoms with Gasteiger partial charge in [-0.2, -0.15) is 0 Å². The molecule has 0 saturated heterocycles. The molecule has 0 bridgehead atoms. The number of ether oxygens (including phenoxy) is 1. The molecule has 7 heteroatoms. The van der Waals surface area contributed by atoms with Gasteiger partial charge >= 0.3 is 0 Å². The largest absolute Gasteiger partial charge is 0.380 e. The molecular formula is C16H14BrClFN3O. The van der Waals surface area contributed by atoms with Crippen LogP contribution in [0.15, 0.2) is 35.1 Å². The Morgan fingerprint density at radius 1 is 1.39 bits per heavy atom. The van der Waals surface area contributed by atoms with Crippen molar-refractivity contribution in [2.24, 2.45) is 7.05 Å². The van der Waals surface area contributed by atoms with E-state index in [2.05, 4.69) is 26.2 Å². The predicted molar refractivity (Wildman–Crippen MR) is 93.8 cm³/mol. The molecule has 0 atom stereocenters. The molecule has 0 aliphatic carbocycles. The van der Waals surface area contributed by atoms with E-state index in [-0.39, 0.29) is 6.61 Å². The molecule has 0 aliphatic heterocycles. The van der Waals surface area contributed by atoms with E-state index < -0.39 is 5.82 Å². The van der Waals surface area contributed by atoms with Gasteiger partial charge in [0.1, 0.15) is 5.52 Å². The summed E-state index contributed by atoms with van der Waals surface area (Å²) in [6, 6.07) is 7.23. The van der Waals surface area contributed by atoms with Crippen LogP contribution in [-0.2, 0) is 18.4 Å². The number of anilines is 2. The zero-order valence-electron chi connectivity index (χ0n) is 12.5. The van der Waals surface area contributed by atoms with E-state index in [0.29, 0.717) is 33.0 Å². The smallest absolute Gasteiger partial charge is 0.174 e. The molecule has 23 heavy (non-hydrogen) atoms. The first-order valence-corrected chi connectivity index (χ1v) is 8.01. The topological polar surface area (TPSA) is 39.1 Å². The van der Waals surface area contributed by atoms with Crippen molar-refractivity contribution in [2.45, 2.75) is 6.61 Å². The Balaban J connectivity index is 2.14. The molecular weight excluding hydrogens is 385 g/mol. The fraction of sp³-hybridized carbons (Fsp3) is 0.188. The molecule has 0 radical (unpaired) electrons. The highest BCUT2D eigenvalue weighted by molar-refractivity contribution is 9.10. The van der Waals surface area contributed by atoms with E-state index in [0.717, 1.165) is 4.47 Å². The summed E-state index contributed by atoms with van der Waals surface area (Å²) in [6.07, 6.45) is 1.58. The first kappa shape index (κ1) is 16.2. The van der Waals surface area contributed by atoms with Crippen molar-refractivity contribution in [3.05, 3.63) is 51.5 Å². The van der Waals surface area contributed by atoms with Gasteiger partial charge in [0.25, 0.3) is 0 Å². The third-order valence-corrected chi connectivity index (χ3v) is 4.34. The van der Waals surface area contributed by atoms with Gasteiger partial charge in [-0.05, 0) is 24.3 Å². The minimum atomic E-state index is -0.422. The number of benzene rings is 2. The average Bonchev–Trinajstić information content (AvgIpc) is 2.87. The Hall–Kier alpha value is -1.63. The van der Waals surface area contributed by atoms with E-state index in [4.69, 9.17) is 16.3 Å². The summed E-state index contributed by atoms with van der Waals surface area (Å²) >= 11 is 9.57. The molecule has 0 aliphatic rings. The van der Waals surface area contributed by atoms with Crippen molar-refractivity contribution in [1.82, 2.24) is 9.55 Å². The summed E-state index contributed by atoms with van der Waals surface area (Å²) in [6.45, 7) is 0.272. The fourth-order valence-electron chi connectivity index (χ4n) is 2.41. The molecule has 0 unspecified atom stereocenters. The van der Waals surface area contributed by atoms with E-state index >= 15 is 0 Å². The van der Waals surface area contributed by atoms with Crippen molar-refractivity contribution in [2.75, 3.05) is 12.4 Å². The molecule has 2 aromatic carbocycles. The molecule has 0 fully saturated rings. The molecule has 0 saturated carbocycles. The van der Waals surface area contributed by atoms with Crippen LogP contribution >= 0.6 is 27.5 Å². The van der Waals surface area contributed by atoms with Crippen molar-refractivity contribution in [1.29, 1.82) is 0 Å². The lowest BCUT2D eigenvalue weighted by Gasteiger charge is -2.15. The molecule has 1 aromatic heterocycles. The fourth-order valence-corrected chi connectivity index (χ4v) is 3.13. The van der Waals surface area contributed by atoms with Crippen LogP contribution in [0.25, 0.3) is 11.0 Å². The molecule has 0 spiro atoms. The van der Waals surface area contributed by atoms with Gasteiger partial charge in [-0.15, -0.1) is 0 Å². The number of halogens is 3. The quantitative estimate of drug-likeness (QED) is 0.671. The number of nitrogens with zero attached hydrogens (tertiary/aromatic N) is 2. The maximum Gasteiger partial charge on any atom is 0.174 e. The van der Waals surface area contributed by atoms with Gasteiger partial charge in [0, 0.05) is 24.2 Å². The number of aromatic nitrogens is 2. The Kier molecular flexibility index (Phi) is 4.57. The zero-order chi connectivity index (χ0) is 16.6. The van der Waals surface area contributed by atoms with Crippen LogP contribution in [0.3, 0.4) is 0 Å². The van der Waals surface area contributed by atoms with Crippen LogP contribution in [0.5, 0.6) is 0 Å². The van der Waals surface area contributed by atoms with E-state index in [1.807, 2.05) is 19.2 Å². The van der Waals surface area contributed by atoms with E-state index in [9.17, 15) is 4.39 Å². The Morgan fingerprint density at radius 3 is 2.87 bits per heavy atom. The van der Waals surface area contributed by atoms with Crippen molar-refractivity contribution in [3.63, 3.8) is 0 Å². The maximum absolute atomic E-state index is 14.9. The number of methoxy groups -OCH3 is 1. The van der Waals surface area contributed by atoms with Crippen LogP contribution in [0, 0.1) is 5.82 Å². The summed E-state index contributed by atoms with van der Waals surface area (Å²) in [5, 5.41) is 3.55. The summed E-state index contributed by atoms with van der Waals surface area (Å²) < 4.78 is 22.7. The van der Waals surface area contributed by atoms with Crippen molar-refractivity contribution in [3.8, 4) is 0 Å². The molecule has 1 heterocycles. The summed E-state index contributed by atoms with van der Waals surface area (Å²) in [5.41, 5.74) is 2.65. The minimum Gasteiger partial charge on any atom is -0.380 e. The number of nitrogens with one attached hydrogen (secondary N) is 1. The first-order chi connectivity index (χ1) is 11.0. The van der Waals surface area contributed by atoms with Crippen LogP contribution in [0.1, 0.15) is 5.56 Å². The predicted octanol–water partition coefficient (Wildman–Crippen LogP) is 5.02. The molecule has 0 amide bonds. The van der Waals surface area contributed by atoms with Gasteiger partial charge in [0.05, 0.1) is 34.8 Å². The summed E-state index contributed by atoms with van der Waals surface area (Å²) in [7, 11) is 3.39. The second-order valence-electron chi connectivity index (χ2n) is 5.13. The number of rotatable bonds is 4. The molecule has 4 nitrogen and oxygen atoms in total. The minimum absolute atomic E-state index is 0.272. The monoisotopic (exact) mass is 397 g/mol. The highest BCUT2D eigenvalue weighted by atomic mass is 79.9. The van der Waals surface area contributed by atoms with Crippen LogP contribution in [0.4, 0.5) is 15.8 Å². The zero-order valence-corrected chi connectivity index (χ0v) is 14.9. The molecule has 3 rings (SSSR count). The Morgan fingerprint density at radius 2 is 2.17 bits per heavy atom. The Bertz CT molecular complexity index is 881. The standard InChI is InChI=1S/C16H14BrClFN3O/c1-22-8-20-16-13(22)5-9(7-23-2)15(14(16)19)21-12-4-3-10(17)6-11(12)18/h3-6,8,21H,7H2,1-2H3. The molecule has 3 aromatic rings. The van der Waals surface area contributed by atoms with Crippen LogP contribution < -0.4 is 5.32 Å². The van der Waals surface area contributed by atoms with Crippen LogP contribution in [-0.4, -0.2) is 16.7 Å². The van der Waals surface area contributed by atoms with Gasteiger partial charge in [-0.25, -0.2) is 9.37 Å². The van der Waals surface area contributed by atoms with Crippen molar-refractivity contribution >= 4 is 49.9 Å². The molecule has 120 valence electrons. The number of hydrogen-bond donors (Lipinski definition) is 1. The number of aryl methyl sites for hydroxylation is 1. The lowest BCUT2D eigenvalue weighted by Crippen LogP contribution is -2.03. The molecule has 1 N–H and O–H groups in total. The highest BCUT2D eigenvalue weighted by Gasteiger charge is 2.17. The van der Waals surface area contributed by atoms with E-state index in [1.165, 1.54) is 0 Å². The van der Waals surface area contributed by atoms with E-state index in [1.54, 1.807) is 30.1 Å². The van der Waals surface area contributed by atoms with Gasteiger partial charge in [0.15, 0.2) is 5.82 Å². The van der Waals surface area contributed by atoms with Gasteiger partial charge < -0.3 is 14.6 Å². The normalized spacial score (nSPS) is 11.2. The van der Waals surface area contributed by atoms with Crippen molar-refractivity contribution < 1.29 is 9.13 Å². The SMILES string of the molecule is COCc1cc2c(ncn2C)c(F)c1Nc1ccc(Br)cc1Cl. The number of imidazole rings is 1. The summed E-state index contributed by atoms with van der Waals surface area (Å²) in [4.78, 5) is 4.12. The van der Waals surface area contributed by atoms with Gasteiger partial charge in [0.2, 0.25) is 0 Å². The Labute approximate surface area is 146 Å². The maximum atomic E-state index is 14.9. The number of hydrogen-bond acceptors (Lipinski definition) is 3. The van der Waals surface area contributed by atoms with Gasteiger partial charge in [-0.1, -0.05) is 27.5 Å². The lowest BCUT2D eigenvalue weighted by atomic mass is 10.1. The lowest BCUT2D eigenvalue weighted by molar-refractivity contribution is 0.185. The highest BCUT2D eigenvalue weighted by Crippen LogP contribution is 2.34. The van der Waals surface area contributed by atoms with Crippen LogP contribution in [0.2, 0.25) is 5.02 Å². The third kappa shape index (κ3) is 3.06. The number of fused-ring (bicyclic) bond motifs is 1. The summed E-state index contributed by atoms with van der Waals surface area (Å²) in [5.74, 6) is -0.422. The van der Waals surface area contributed by atoms with Gasteiger partial charge in [-0.3, -0.25) is 0 Å². The average molecular weight is 399 g/mol. The second-order valence-corrected chi connectivity index (χ2v) is 6.45.